The molecule has 2 aromatic rings. The van der Waals surface area contributed by atoms with Gasteiger partial charge in [0.05, 0.1) is 29.5 Å². The zero-order valence-electron chi connectivity index (χ0n) is 19.3. The smallest absolute Gasteiger partial charge is 0.274 e. The minimum atomic E-state index is -0.465. The number of nitro groups is 1. The normalized spacial score (nSPS) is 12.0. The molecule has 0 aromatic carbocycles. The molecule has 0 spiro atoms. The molecule has 0 amide bonds. The zero-order chi connectivity index (χ0) is 24.1. The molecule has 0 aliphatic carbocycles. The van der Waals surface area contributed by atoms with Crippen LogP contribution in [0.2, 0.25) is 0 Å². The molecule has 10 nitrogen and oxygen atoms in total. The van der Waals surface area contributed by atoms with E-state index in [0.717, 1.165) is 52.3 Å². The van der Waals surface area contributed by atoms with E-state index in [0.29, 0.717) is 37.0 Å². The van der Waals surface area contributed by atoms with Gasteiger partial charge in [0, 0.05) is 31.6 Å². The van der Waals surface area contributed by atoms with Crippen LogP contribution >= 0.6 is 23.5 Å². The highest BCUT2D eigenvalue weighted by Crippen LogP contribution is 2.17. The standard InChI is InChI=1S/C21H33N5O5S2/c1-24(2)12-17-4-6-19(30-17)15-32-10-8-22-21(14-26(28)29)23-9-11-33-16-20-7-5-18(31-20)13-25(3)27/h4-7,14,22-23,27H,8-13,15-16H2,1-3H3/b21-14-. The van der Waals surface area contributed by atoms with Gasteiger partial charge in [0.1, 0.15) is 23.0 Å². The van der Waals surface area contributed by atoms with Gasteiger partial charge in [-0.1, -0.05) is 0 Å². The van der Waals surface area contributed by atoms with Crippen LogP contribution in [-0.2, 0) is 24.6 Å². The van der Waals surface area contributed by atoms with Crippen LogP contribution < -0.4 is 10.6 Å². The molecule has 2 rings (SSSR count). The third-order valence-corrected chi connectivity index (χ3v) is 6.10. The average molecular weight is 500 g/mol. The van der Waals surface area contributed by atoms with Gasteiger partial charge in [-0.05, 0) is 38.4 Å². The maximum absolute atomic E-state index is 10.9. The number of nitrogens with one attached hydrogen (secondary N) is 2. The van der Waals surface area contributed by atoms with E-state index in [1.165, 1.54) is 0 Å². The number of hydrogen-bond acceptors (Lipinski definition) is 11. The highest BCUT2D eigenvalue weighted by molar-refractivity contribution is 7.98. The Kier molecular flexibility index (Phi) is 12.3. The number of hydrogen-bond donors (Lipinski definition) is 3. The van der Waals surface area contributed by atoms with E-state index in [4.69, 9.17) is 8.83 Å². The van der Waals surface area contributed by atoms with Crippen LogP contribution in [0.1, 0.15) is 23.0 Å². The molecular weight excluding hydrogens is 466 g/mol. The molecule has 0 saturated heterocycles. The maximum atomic E-state index is 10.9. The highest BCUT2D eigenvalue weighted by Gasteiger charge is 2.06. The van der Waals surface area contributed by atoms with Crippen LogP contribution in [0.3, 0.4) is 0 Å². The lowest BCUT2D eigenvalue weighted by Gasteiger charge is -2.11. The van der Waals surface area contributed by atoms with Gasteiger partial charge in [-0.3, -0.25) is 10.1 Å². The Bertz CT molecular complexity index is 809. The predicted molar refractivity (Wildman–Crippen MR) is 131 cm³/mol. The molecule has 0 bridgehead atoms. The van der Waals surface area contributed by atoms with E-state index in [-0.39, 0.29) is 0 Å². The summed E-state index contributed by atoms with van der Waals surface area (Å²) in [6.07, 6.45) is 0.958. The van der Waals surface area contributed by atoms with E-state index in [2.05, 4.69) is 15.5 Å². The fourth-order valence-corrected chi connectivity index (χ4v) is 4.32. The third-order valence-electron chi connectivity index (χ3n) is 4.14. The molecule has 2 heterocycles. The summed E-state index contributed by atoms with van der Waals surface area (Å²) >= 11 is 3.37. The number of hydroxylamine groups is 2. The summed E-state index contributed by atoms with van der Waals surface area (Å²) < 4.78 is 11.4. The molecule has 2 aromatic heterocycles. The first-order chi connectivity index (χ1) is 15.8. The lowest BCUT2D eigenvalue weighted by molar-refractivity contribution is -0.404. The van der Waals surface area contributed by atoms with Crippen LogP contribution in [0.15, 0.2) is 45.1 Å². The molecule has 0 saturated carbocycles. The Morgan fingerprint density at radius 1 is 0.970 bits per heavy atom. The van der Waals surface area contributed by atoms with Gasteiger partial charge in [-0.2, -0.15) is 28.6 Å². The topological polar surface area (TPSA) is 120 Å². The minimum Gasteiger partial charge on any atom is -0.464 e. The summed E-state index contributed by atoms with van der Waals surface area (Å²) in [6.45, 7) is 2.29. The van der Waals surface area contributed by atoms with Gasteiger partial charge in [0.2, 0.25) is 0 Å². The van der Waals surface area contributed by atoms with Crippen molar-refractivity contribution in [3.05, 3.63) is 69.4 Å². The molecule has 33 heavy (non-hydrogen) atoms. The Hall–Kier alpha value is -2.12. The number of nitrogens with zero attached hydrogens (tertiary/aromatic N) is 3. The molecule has 0 fully saturated rings. The second-order valence-corrected chi connectivity index (χ2v) is 9.79. The second kappa shape index (κ2) is 14.9. The van der Waals surface area contributed by atoms with Crippen LogP contribution in [0, 0.1) is 10.1 Å². The zero-order valence-corrected chi connectivity index (χ0v) is 20.9. The molecule has 12 heteroatoms. The maximum Gasteiger partial charge on any atom is 0.274 e. The van der Waals surface area contributed by atoms with Crippen molar-refractivity contribution >= 4 is 23.5 Å². The first-order valence-corrected chi connectivity index (χ1v) is 12.8. The van der Waals surface area contributed by atoms with E-state index in [9.17, 15) is 15.3 Å². The SMILES string of the molecule is CN(C)Cc1ccc(CSCCN/C(=C/[N+](=O)[O-])NCCSCc2ccc(CN(C)O)o2)o1. The van der Waals surface area contributed by atoms with Crippen molar-refractivity contribution in [3.8, 4) is 0 Å². The monoisotopic (exact) mass is 499 g/mol. The van der Waals surface area contributed by atoms with Crippen molar-refractivity contribution in [1.29, 1.82) is 0 Å². The van der Waals surface area contributed by atoms with Crippen molar-refractivity contribution in [3.63, 3.8) is 0 Å². The molecule has 0 unspecified atom stereocenters. The average Bonchev–Trinajstić information content (AvgIpc) is 3.35. The van der Waals surface area contributed by atoms with Gasteiger partial charge in [0.25, 0.3) is 6.20 Å². The van der Waals surface area contributed by atoms with Gasteiger partial charge >= 0.3 is 0 Å². The van der Waals surface area contributed by atoms with E-state index >= 15 is 0 Å². The predicted octanol–water partition coefficient (Wildman–Crippen LogP) is 3.18. The first kappa shape index (κ1) is 27.1. The Labute approximate surface area is 202 Å². The van der Waals surface area contributed by atoms with Gasteiger partial charge in [0.15, 0.2) is 5.82 Å². The molecular formula is C21H33N5O5S2. The van der Waals surface area contributed by atoms with E-state index in [1.54, 1.807) is 30.6 Å². The first-order valence-electron chi connectivity index (χ1n) is 10.5. The minimum absolute atomic E-state index is 0.338. The summed E-state index contributed by atoms with van der Waals surface area (Å²) in [5.41, 5.74) is 0. The van der Waals surface area contributed by atoms with Crippen molar-refractivity contribution in [2.75, 3.05) is 45.7 Å². The van der Waals surface area contributed by atoms with Crippen molar-refractivity contribution < 1.29 is 19.0 Å². The Morgan fingerprint density at radius 2 is 1.45 bits per heavy atom. The van der Waals surface area contributed by atoms with Gasteiger partial charge < -0.3 is 29.6 Å². The largest absolute Gasteiger partial charge is 0.464 e. The lowest BCUT2D eigenvalue weighted by atomic mass is 10.4. The number of thioether (sulfide) groups is 2. The number of furan rings is 2. The molecule has 3 N–H and O–H groups in total. The van der Waals surface area contributed by atoms with Crippen molar-refractivity contribution in [2.24, 2.45) is 0 Å². The van der Waals surface area contributed by atoms with Crippen molar-refractivity contribution in [2.45, 2.75) is 24.6 Å². The second-order valence-electron chi connectivity index (χ2n) is 7.58. The van der Waals surface area contributed by atoms with Crippen molar-refractivity contribution in [1.82, 2.24) is 20.6 Å². The summed E-state index contributed by atoms with van der Waals surface area (Å²) in [6, 6.07) is 7.72. The molecule has 184 valence electrons. The van der Waals surface area contributed by atoms with Crippen LogP contribution in [-0.4, -0.2) is 65.8 Å². The Morgan fingerprint density at radius 3 is 1.91 bits per heavy atom. The quantitative estimate of drug-likeness (QED) is 0.169. The summed E-state index contributed by atoms with van der Waals surface area (Å²) in [7, 11) is 5.56. The summed E-state index contributed by atoms with van der Waals surface area (Å²) in [5.74, 6) is 6.81. The molecule has 0 atom stereocenters. The van der Waals surface area contributed by atoms with Crippen LogP contribution in [0.25, 0.3) is 0 Å². The molecule has 0 aliphatic rings. The molecule has 0 radical (unpaired) electrons. The van der Waals surface area contributed by atoms with Crippen LogP contribution in [0.4, 0.5) is 0 Å². The third kappa shape index (κ3) is 12.1. The molecule has 0 aliphatic heterocycles. The highest BCUT2D eigenvalue weighted by atomic mass is 32.2. The van der Waals surface area contributed by atoms with Gasteiger partial charge in [-0.25, -0.2) is 0 Å². The fourth-order valence-electron chi connectivity index (χ4n) is 2.83. The lowest BCUT2D eigenvalue weighted by Crippen LogP contribution is -2.30. The Balaban J connectivity index is 1.61. The van der Waals surface area contributed by atoms with E-state index < -0.39 is 4.92 Å². The summed E-state index contributed by atoms with van der Waals surface area (Å²) in [4.78, 5) is 12.5. The van der Waals surface area contributed by atoms with Crippen LogP contribution in [0.5, 0.6) is 0 Å². The van der Waals surface area contributed by atoms with Gasteiger partial charge in [-0.15, -0.1) is 0 Å². The summed E-state index contributed by atoms with van der Waals surface area (Å²) in [5, 5.41) is 27.4. The van der Waals surface area contributed by atoms with E-state index in [1.807, 2.05) is 38.4 Å². The number of rotatable bonds is 17. The fraction of sp³-hybridized carbons (Fsp3) is 0.524.